The van der Waals surface area contributed by atoms with Crippen molar-refractivity contribution in [2.24, 2.45) is 5.73 Å². The second-order valence-electron chi connectivity index (χ2n) is 4.46. The fourth-order valence-corrected chi connectivity index (χ4v) is 2.15. The molecule has 17 heavy (non-hydrogen) atoms. The van der Waals surface area contributed by atoms with Crippen LogP contribution in [0.3, 0.4) is 0 Å². The average Bonchev–Trinajstić information content (AvgIpc) is 2.29. The van der Waals surface area contributed by atoms with Crippen molar-refractivity contribution >= 4 is 5.91 Å². The second kappa shape index (κ2) is 5.25. The summed E-state index contributed by atoms with van der Waals surface area (Å²) in [5, 5.41) is 3.19. The third-order valence-corrected chi connectivity index (χ3v) is 3.00. The Bertz CT molecular complexity index is 407. The summed E-state index contributed by atoms with van der Waals surface area (Å²) in [6, 6.07) is 1.87. The van der Waals surface area contributed by atoms with Gasteiger partial charge < -0.3 is 11.1 Å². The summed E-state index contributed by atoms with van der Waals surface area (Å²) in [5.41, 5.74) is 7.66. The number of primary amides is 1. The maximum Gasteiger partial charge on any atom is 0.236 e. The molecule has 1 aliphatic heterocycles. The van der Waals surface area contributed by atoms with Crippen LogP contribution in [0.4, 0.5) is 0 Å². The van der Waals surface area contributed by atoms with E-state index in [1.807, 2.05) is 19.3 Å². The summed E-state index contributed by atoms with van der Waals surface area (Å²) in [6.07, 6.45) is 3.67. The smallest absolute Gasteiger partial charge is 0.236 e. The number of nitrogens with two attached hydrogens (primary N) is 1. The number of hydrogen-bond acceptors (Lipinski definition) is 4. The zero-order valence-electron chi connectivity index (χ0n) is 10.0. The van der Waals surface area contributed by atoms with E-state index in [-0.39, 0.29) is 11.9 Å². The van der Waals surface area contributed by atoms with Crippen LogP contribution in [0, 0.1) is 6.92 Å². The molecule has 1 unspecified atom stereocenters. The maximum atomic E-state index is 11.3. The molecule has 0 aliphatic carbocycles. The Morgan fingerprint density at radius 1 is 1.65 bits per heavy atom. The molecular weight excluding hydrogens is 216 g/mol. The highest BCUT2D eigenvalue weighted by atomic mass is 16.1. The lowest BCUT2D eigenvalue weighted by molar-refractivity contribution is -0.124. The number of piperazine rings is 1. The normalized spacial score (nSPS) is 21.4. The van der Waals surface area contributed by atoms with Crippen molar-refractivity contribution in [3.63, 3.8) is 0 Å². The van der Waals surface area contributed by atoms with Crippen LogP contribution < -0.4 is 11.1 Å². The Kier molecular flexibility index (Phi) is 3.71. The van der Waals surface area contributed by atoms with Crippen LogP contribution in [-0.2, 0) is 11.3 Å². The fraction of sp³-hybridized carbons (Fsp3) is 0.500. The number of aromatic nitrogens is 1. The third-order valence-electron chi connectivity index (χ3n) is 3.00. The lowest BCUT2D eigenvalue weighted by atomic mass is 10.1. The van der Waals surface area contributed by atoms with Gasteiger partial charge in [-0.1, -0.05) is 6.07 Å². The van der Waals surface area contributed by atoms with E-state index in [0.717, 1.165) is 30.8 Å². The number of aryl methyl sites for hydroxylation is 1. The molecule has 5 nitrogen and oxygen atoms in total. The summed E-state index contributed by atoms with van der Waals surface area (Å²) >= 11 is 0. The van der Waals surface area contributed by atoms with Crippen LogP contribution in [0.15, 0.2) is 18.5 Å². The summed E-state index contributed by atoms with van der Waals surface area (Å²) < 4.78 is 0. The van der Waals surface area contributed by atoms with Gasteiger partial charge in [0.2, 0.25) is 5.91 Å². The first kappa shape index (κ1) is 12.0. The largest absolute Gasteiger partial charge is 0.368 e. The number of nitrogens with zero attached hydrogens (tertiary/aromatic N) is 2. The molecule has 0 aromatic carbocycles. The first-order valence-corrected chi connectivity index (χ1v) is 5.81. The monoisotopic (exact) mass is 234 g/mol. The number of pyridine rings is 1. The second-order valence-corrected chi connectivity index (χ2v) is 4.46. The van der Waals surface area contributed by atoms with E-state index < -0.39 is 0 Å². The van der Waals surface area contributed by atoms with E-state index in [1.165, 1.54) is 0 Å². The zero-order valence-corrected chi connectivity index (χ0v) is 10.0. The van der Waals surface area contributed by atoms with Gasteiger partial charge in [-0.3, -0.25) is 14.7 Å². The van der Waals surface area contributed by atoms with Gasteiger partial charge in [0.25, 0.3) is 0 Å². The summed E-state index contributed by atoms with van der Waals surface area (Å²) in [4.78, 5) is 17.6. The molecule has 2 rings (SSSR count). The average molecular weight is 234 g/mol. The van der Waals surface area contributed by atoms with Gasteiger partial charge in [0.1, 0.15) is 6.04 Å². The van der Waals surface area contributed by atoms with Crippen molar-refractivity contribution in [3.8, 4) is 0 Å². The topological polar surface area (TPSA) is 71.2 Å². The minimum atomic E-state index is -0.266. The van der Waals surface area contributed by atoms with Crippen LogP contribution in [-0.4, -0.2) is 41.5 Å². The van der Waals surface area contributed by atoms with Crippen molar-refractivity contribution in [2.45, 2.75) is 19.5 Å². The van der Waals surface area contributed by atoms with E-state index in [2.05, 4.69) is 21.3 Å². The van der Waals surface area contributed by atoms with E-state index in [0.29, 0.717) is 6.54 Å². The van der Waals surface area contributed by atoms with Crippen molar-refractivity contribution in [3.05, 3.63) is 29.6 Å². The van der Waals surface area contributed by atoms with Gasteiger partial charge in [0.05, 0.1) is 0 Å². The van der Waals surface area contributed by atoms with E-state index in [9.17, 15) is 4.79 Å². The van der Waals surface area contributed by atoms with Gasteiger partial charge in [-0.05, 0) is 18.1 Å². The summed E-state index contributed by atoms with van der Waals surface area (Å²) in [7, 11) is 0. The molecule has 0 bridgehead atoms. The number of nitrogens with one attached hydrogen (secondary N) is 1. The molecule has 2 heterocycles. The molecular formula is C12H18N4O. The molecule has 5 heteroatoms. The molecule has 1 aromatic rings. The Labute approximate surface area is 101 Å². The van der Waals surface area contributed by atoms with Gasteiger partial charge in [0.15, 0.2) is 0 Å². The molecule has 0 saturated carbocycles. The minimum Gasteiger partial charge on any atom is -0.368 e. The Balaban J connectivity index is 2.08. The van der Waals surface area contributed by atoms with Crippen LogP contribution in [0.25, 0.3) is 0 Å². The maximum absolute atomic E-state index is 11.3. The van der Waals surface area contributed by atoms with Crippen LogP contribution in [0.1, 0.15) is 11.1 Å². The molecule has 0 spiro atoms. The highest BCUT2D eigenvalue weighted by Crippen LogP contribution is 2.10. The zero-order chi connectivity index (χ0) is 12.3. The number of rotatable bonds is 3. The first-order valence-electron chi connectivity index (χ1n) is 5.81. The van der Waals surface area contributed by atoms with Gasteiger partial charge >= 0.3 is 0 Å². The molecule has 1 fully saturated rings. The summed E-state index contributed by atoms with van der Waals surface area (Å²) in [5.74, 6) is -0.266. The van der Waals surface area contributed by atoms with Crippen molar-refractivity contribution in [1.82, 2.24) is 15.2 Å². The lowest BCUT2D eigenvalue weighted by Gasteiger charge is -2.34. The number of amides is 1. The predicted octanol–water partition coefficient (Wildman–Crippen LogP) is -0.351. The van der Waals surface area contributed by atoms with Crippen LogP contribution in [0.2, 0.25) is 0 Å². The number of carbonyl (C=O) groups is 1. The molecule has 1 atom stereocenters. The van der Waals surface area contributed by atoms with Crippen molar-refractivity contribution in [1.29, 1.82) is 0 Å². The van der Waals surface area contributed by atoms with Gasteiger partial charge in [0, 0.05) is 38.6 Å². The fourth-order valence-electron chi connectivity index (χ4n) is 2.15. The van der Waals surface area contributed by atoms with Gasteiger partial charge in [-0.15, -0.1) is 0 Å². The highest BCUT2D eigenvalue weighted by Gasteiger charge is 2.26. The predicted molar refractivity (Wildman–Crippen MR) is 65.2 cm³/mol. The molecule has 1 saturated heterocycles. The number of hydrogen-bond donors (Lipinski definition) is 2. The van der Waals surface area contributed by atoms with Crippen LogP contribution >= 0.6 is 0 Å². The quantitative estimate of drug-likeness (QED) is 0.750. The summed E-state index contributed by atoms with van der Waals surface area (Å²) in [6.45, 7) is 5.10. The SMILES string of the molecule is Cc1cncc(CN2CCNCC2C(N)=O)c1. The van der Waals surface area contributed by atoms with Crippen LogP contribution in [0.5, 0.6) is 0 Å². The van der Waals surface area contributed by atoms with E-state index >= 15 is 0 Å². The Morgan fingerprint density at radius 2 is 2.47 bits per heavy atom. The Morgan fingerprint density at radius 3 is 3.18 bits per heavy atom. The van der Waals surface area contributed by atoms with E-state index in [4.69, 9.17) is 5.73 Å². The minimum absolute atomic E-state index is 0.218. The van der Waals surface area contributed by atoms with E-state index in [1.54, 1.807) is 0 Å². The molecule has 1 amide bonds. The standard InChI is InChI=1S/C12H18N4O/c1-9-4-10(6-15-5-9)8-16-3-2-14-7-11(16)12(13)17/h4-6,11,14H,2-3,7-8H2,1H3,(H2,13,17). The van der Waals surface area contributed by atoms with Gasteiger partial charge in [-0.2, -0.15) is 0 Å². The molecule has 1 aliphatic rings. The molecule has 92 valence electrons. The first-order chi connectivity index (χ1) is 8.16. The third kappa shape index (κ3) is 3.01. The molecule has 3 N–H and O–H groups in total. The number of carbonyl (C=O) groups excluding carboxylic acids is 1. The molecule has 1 aromatic heterocycles. The highest BCUT2D eigenvalue weighted by molar-refractivity contribution is 5.80. The lowest BCUT2D eigenvalue weighted by Crippen LogP contribution is -2.56. The van der Waals surface area contributed by atoms with Gasteiger partial charge in [-0.25, -0.2) is 0 Å². The van der Waals surface area contributed by atoms with Crippen molar-refractivity contribution < 1.29 is 4.79 Å². The van der Waals surface area contributed by atoms with Crippen molar-refractivity contribution in [2.75, 3.05) is 19.6 Å². The Hall–Kier alpha value is -1.46. The molecule has 0 radical (unpaired) electrons.